The molecule has 2 aromatic carbocycles. The van der Waals surface area contributed by atoms with Gasteiger partial charge in [0.15, 0.2) is 0 Å². The summed E-state index contributed by atoms with van der Waals surface area (Å²) in [6.45, 7) is 3.05. The Bertz CT molecular complexity index is 2020. The maximum atomic E-state index is 13.1. The van der Waals surface area contributed by atoms with Gasteiger partial charge in [-0.3, -0.25) is 19.0 Å². The molecule has 4 aromatic rings. The Labute approximate surface area is 280 Å². The van der Waals surface area contributed by atoms with Crippen molar-refractivity contribution >= 4 is 40.7 Å². The van der Waals surface area contributed by atoms with Crippen LogP contribution in [0.15, 0.2) is 58.3 Å². The van der Waals surface area contributed by atoms with Gasteiger partial charge in [0.05, 0.1) is 28.0 Å². The molecule has 3 N–H and O–H groups in total. The number of carbonyl (C=O) groups excluding carboxylic acids is 2. The van der Waals surface area contributed by atoms with Gasteiger partial charge in [0.1, 0.15) is 5.56 Å². The van der Waals surface area contributed by atoms with Crippen LogP contribution in [-0.4, -0.2) is 45.1 Å². The Kier molecular flexibility index (Phi) is 9.23. The molecule has 3 heterocycles. The molecule has 2 unspecified atom stereocenters. The first-order valence-corrected chi connectivity index (χ1v) is 16.2. The van der Waals surface area contributed by atoms with Gasteiger partial charge in [-0.2, -0.15) is 0 Å². The van der Waals surface area contributed by atoms with E-state index in [4.69, 9.17) is 32.9 Å². The van der Waals surface area contributed by atoms with Gasteiger partial charge in [0.25, 0.3) is 11.5 Å². The van der Waals surface area contributed by atoms with Crippen molar-refractivity contribution in [3.05, 3.63) is 96.2 Å². The lowest BCUT2D eigenvalue weighted by molar-refractivity contribution is -0.119. The van der Waals surface area contributed by atoms with Crippen LogP contribution in [0, 0.1) is 0 Å². The predicted octanol–water partition coefficient (Wildman–Crippen LogP) is 4.63. The quantitative estimate of drug-likeness (QED) is 0.235. The van der Waals surface area contributed by atoms with E-state index < -0.39 is 17.2 Å². The molecule has 13 heteroatoms. The third-order valence-corrected chi connectivity index (χ3v) is 9.45. The fourth-order valence-electron chi connectivity index (χ4n) is 6.24. The molecule has 2 aromatic heterocycles. The first kappa shape index (κ1) is 32.5. The molecule has 2 aliphatic rings. The van der Waals surface area contributed by atoms with Crippen LogP contribution in [0.3, 0.4) is 0 Å². The van der Waals surface area contributed by atoms with Crippen molar-refractivity contribution in [3.63, 3.8) is 0 Å². The summed E-state index contributed by atoms with van der Waals surface area (Å²) in [4.78, 5) is 54.4. The summed E-state index contributed by atoms with van der Waals surface area (Å²) in [5.41, 5.74) is 3.52. The molecule has 0 spiro atoms. The molecule has 1 saturated heterocycles. The molecular weight excluding hydrogens is 643 g/mol. The smallest absolute Gasteiger partial charge is 0.330 e. The molecule has 1 fully saturated rings. The Morgan fingerprint density at radius 3 is 2.47 bits per heavy atom. The van der Waals surface area contributed by atoms with E-state index in [1.807, 2.05) is 31.2 Å². The van der Waals surface area contributed by atoms with Gasteiger partial charge < -0.3 is 25.3 Å². The summed E-state index contributed by atoms with van der Waals surface area (Å²) in [6, 6.07) is 13.0. The number of ether oxygens (including phenoxy) is 1. The Morgan fingerprint density at radius 1 is 1.02 bits per heavy atom. The summed E-state index contributed by atoms with van der Waals surface area (Å²) < 4.78 is 8.09. The van der Waals surface area contributed by atoms with Crippen molar-refractivity contribution in [1.82, 2.24) is 24.8 Å². The van der Waals surface area contributed by atoms with Crippen LogP contribution >= 0.6 is 23.2 Å². The highest BCUT2D eigenvalue weighted by Crippen LogP contribution is 2.44. The van der Waals surface area contributed by atoms with Crippen molar-refractivity contribution in [2.75, 3.05) is 18.5 Å². The number of pyridine rings is 1. The first-order valence-electron chi connectivity index (χ1n) is 15.4. The first-order chi connectivity index (χ1) is 22.6. The summed E-state index contributed by atoms with van der Waals surface area (Å²) in [5, 5.41) is 9.97. The van der Waals surface area contributed by atoms with E-state index in [9.17, 15) is 19.2 Å². The fourth-order valence-corrected chi connectivity index (χ4v) is 6.84. The molecule has 0 bridgehead atoms. The average molecular weight is 678 g/mol. The number of halogens is 2. The maximum absolute atomic E-state index is 13.1. The second-order valence-electron chi connectivity index (χ2n) is 11.7. The summed E-state index contributed by atoms with van der Waals surface area (Å²) in [6.07, 6.45) is 4.30. The van der Waals surface area contributed by atoms with Crippen molar-refractivity contribution in [2.45, 2.75) is 44.7 Å². The van der Waals surface area contributed by atoms with Gasteiger partial charge in [-0.15, -0.1) is 0 Å². The normalized spacial score (nSPS) is 17.0. The lowest BCUT2D eigenvalue weighted by Crippen LogP contribution is -2.40. The zero-order valence-corrected chi connectivity index (χ0v) is 27.7. The van der Waals surface area contributed by atoms with E-state index in [1.165, 1.54) is 20.3 Å². The van der Waals surface area contributed by atoms with E-state index >= 15 is 0 Å². The molecular formula is C34H34Cl2N6O5. The Balaban J connectivity index is 1.30. The molecule has 0 saturated carbocycles. The number of aromatic nitrogens is 3. The lowest BCUT2D eigenvalue weighted by atomic mass is 9.99. The van der Waals surface area contributed by atoms with E-state index in [2.05, 4.69) is 16.0 Å². The molecule has 244 valence electrons. The highest BCUT2D eigenvalue weighted by Gasteiger charge is 2.30. The number of aryl methyl sites for hydroxylation is 2. The minimum atomic E-state index is -0.716. The molecule has 2 amide bonds. The SMILES string of the molecule is CCOc1nc(-c2cccc(-c3cccc(NC(=O)c4cn(C)c(=O)n(C)c4=O)c3Cl)c2Cl)cc2c1C(NCC1CCC(=O)N1)CC2. The van der Waals surface area contributed by atoms with Crippen molar-refractivity contribution < 1.29 is 14.3 Å². The van der Waals surface area contributed by atoms with E-state index in [0.717, 1.165) is 39.5 Å². The highest BCUT2D eigenvalue weighted by molar-refractivity contribution is 6.39. The number of hydrogen-bond acceptors (Lipinski definition) is 7. The Morgan fingerprint density at radius 2 is 1.74 bits per heavy atom. The maximum Gasteiger partial charge on any atom is 0.330 e. The number of benzene rings is 2. The molecule has 1 aliphatic carbocycles. The van der Waals surface area contributed by atoms with Crippen LogP contribution in [0.5, 0.6) is 5.88 Å². The average Bonchev–Trinajstić information content (AvgIpc) is 3.67. The Hall–Kier alpha value is -4.45. The molecule has 0 radical (unpaired) electrons. The van der Waals surface area contributed by atoms with E-state index in [1.54, 1.807) is 18.2 Å². The molecule has 11 nitrogen and oxygen atoms in total. The number of carbonyl (C=O) groups is 2. The van der Waals surface area contributed by atoms with Crippen LogP contribution in [-0.2, 0) is 25.3 Å². The summed E-state index contributed by atoms with van der Waals surface area (Å²) in [5.74, 6) is -0.0545. The van der Waals surface area contributed by atoms with E-state index in [-0.39, 0.29) is 34.3 Å². The zero-order chi connectivity index (χ0) is 33.4. The lowest BCUT2D eigenvalue weighted by Gasteiger charge is -2.20. The molecule has 6 rings (SSSR count). The second-order valence-corrected chi connectivity index (χ2v) is 12.5. The van der Waals surface area contributed by atoms with Gasteiger partial charge in [-0.05, 0) is 43.9 Å². The minimum absolute atomic E-state index is 0.0603. The predicted molar refractivity (Wildman–Crippen MR) is 181 cm³/mol. The van der Waals surface area contributed by atoms with Crippen LogP contribution < -0.4 is 31.9 Å². The third-order valence-electron chi connectivity index (χ3n) is 8.64. The number of rotatable bonds is 9. The number of anilines is 1. The van der Waals surface area contributed by atoms with Gasteiger partial charge in [0, 0.05) is 67.6 Å². The molecule has 2 atom stereocenters. The van der Waals surface area contributed by atoms with Gasteiger partial charge in [-0.25, -0.2) is 9.78 Å². The number of nitrogens with zero attached hydrogens (tertiary/aromatic N) is 3. The molecule has 1 aliphatic heterocycles. The van der Waals surface area contributed by atoms with Gasteiger partial charge in [-0.1, -0.05) is 53.5 Å². The summed E-state index contributed by atoms with van der Waals surface area (Å²) in [7, 11) is 2.77. The van der Waals surface area contributed by atoms with Crippen molar-refractivity contribution in [1.29, 1.82) is 0 Å². The summed E-state index contributed by atoms with van der Waals surface area (Å²) >= 11 is 13.9. The fraction of sp³-hybridized carbons (Fsp3) is 0.324. The number of fused-ring (bicyclic) bond motifs is 1. The largest absolute Gasteiger partial charge is 0.478 e. The van der Waals surface area contributed by atoms with Crippen LogP contribution in [0.2, 0.25) is 10.0 Å². The monoisotopic (exact) mass is 676 g/mol. The molecule has 47 heavy (non-hydrogen) atoms. The number of nitrogens with one attached hydrogen (secondary N) is 3. The van der Waals surface area contributed by atoms with Crippen LogP contribution in [0.25, 0.3) is 22.4 Å². The highest BCUT2D eigenvalue weighted by atomic mass is 35.5. The second kappa shape index (κ2) is 13.3. The number of hydrogen-bond donors (Lipinski definition) is 3. The van der Waals surface area contributed by atoms with Crippen molar-refractivity contribution in [2.24, 2.45) is 14.1 Å². The zero-order valence-electron chi connectivity index (χ0n) is 26.2. The minimum Gasteiger partial charge on any atom is -0.478 e. The standard InChI is InChI=1S/C34H34Cl2N6O5/c1-4-47-32-28-18(11-13-24(28)37-16-19-12-14-27(43)38-19)15-26(40-32)22-9-5-7-20(29(22)35)21-8-6-10-25(30(21)36)39-31(44)23-17-41(2)34(46)42(3)33(23)45/h5-10,15,17,19,24,37H,4,11-14,16H2,1-3H3,(H,38,43)(H,39,44). The van der Waals surface area contributed by atoms with E-state index in [0.29, 0.717) is 52.9 Å². The third kappa shape index (κ3) is 6.30. The van der Waals surface area contributed by atoms with Crippen LogP contribution in [0.4, 0.5) is 5.69 Å². The number of amides is 2. The topological polar surface area (TPSA) is 136 Å². The van der Waals surface area contributed by atoms with Gasteiger partial charge in [0.2, 0.25) is 11.8 Å². The van der Waals surface area contributed by atoms with Gasteiger partial charge >= 0.3 is 5.69 Å². The van der Waals surface area contributed by atoms with Crippen molar-refractivity contribution in [3.8, 4) is 28.3 Å². The van der Waals surface area contributed by atoms with Crippen LogP contribution in [0.1, 0.15) is 53.7 Å².